The number of nitrogens with zero attached hydrogens (tertiary/aromatic N) is 1. The summed E-state index contributed by atoms with van der Waals surface area (Å²) in [6.07, 6.45) is 1.60. The molecule has 0 aromatic rings. The molecule has 0 aromatic carbocycles. The van der Waals surface area contributed by atoms with Gasteiger partial charge in [-0.25, -0.2) is 8.42 Å². The molecule has 1 amide bonds. The maximum Gasteiger partial charge on any atom is 0.222 e. The molecule has 0 aliphatic carbocycles. The lowest BCUT2D eigenvalue weighted by atomic mass is 10.2. The summed E-state index contributed by atoms with van der Waals surface area (Å²) in [6.45, 7) is 0. The van der Waals surface area contributed by atoms with Gasteiger partial charge in [-0.05, 0) is 12.8 Å². The van der Waals surface area contributed by atoms with E-state index in [-0.39, 0.29) is 23.5 Å². The van der Waals surface area contributed by atoms with Gasteiger partial charge in [-0.15, -0.1) is 11.6 Å². The van der Waals surface area contributed by atoms with Crippen molar-refractivity contribution in [2.24, 2.45) is 0 Å². The van der Waals surface area contributed by atoms with Crippen molar-refractivity contribution < 1.29 is 13.2 Å². The van der Waals surface area contributed by atoms with Crippen molar-refractivity contribution in [3.63, 3.8) is 0 Å². The summed E-state index contributed by atoms with van der Waals surface area (Å²) in [5.41, 5.74) is 0. The summed E-state index contributed by atoms with van der Waals surface area (Å²) >= 11 is 5.49. The molecule has 0 aromatic heterocycles. The van der Waals surface area contributed by atoms with Crippen LogP contribution in [0, 0.1) is 0 Å². The van der Waals surface area contributed by atoms with Crippen LogP contribution in [0.15, 0.2) is 0 Å². The molecule has 1 aliphatic rings. The van der Waals surface area contributed by atoms with E-state index in [9.17, 15) is 13.2 Å². The number of alkyl halides is 1. The molecule has 4 nitrogen and oxygen atoms in total. The molecule has 1 heterocycles. The summed E-state index contributed by atoms with van der Waals surface area (Å²) < 4.78 is 22.4. The van der Waals surface area contributed by atoms with Crippen LogP contribution in [0.25, 0.3) is 0 Å². The number of halogens is 1. The van der Waals surface area contributed by atoms with E-state index in [0.717, 1.165) is 0 Å². The normalized spacial score (nSPS) is 24.0. The van der Waals surface area contributed by atoms with Crippen LogP contribution < -0.4 is 0 Å². The van der Waals surface area contributed by atoms with Crippen LogP contribution in [-0.2, 0) is 14.6 Å². The van der Waals surface area contributed by atoms with Crippen molar-refractivity contribution in [1.29, 1.82) is 0 Å². The van der Waals surface area contributed by atoms with Crippen molar-refractivity contribution in [1.82, 2.24) is 4.90 Å². The Hall–Kier alpha value is -0.290. The molecule has 0 radical (unpaired) electrons. The lowest BCUT2D eigenvalue weighted by molar-refractivity contribution is -0.131. The van der Waals surface area contributed by atoms with E-state index in [1.54, 1.807) is 11.9 Å². The van der Waals surface area contributed by atoms with E-state index < -0.39 is 9.84 Å². The van der Waals surface area contributed by atoms with Gasteiger partial charge in [0.1, 0.15) is 0 Å². The molecule has 0 spiro atoms. The molecule has 1 unspecified atom stereocenters. The van der Waals surface area contributed by atoms with Gasteiger partial charge in [0.25, 0.3) is 0 Å². The molecule has 1 atom stereocenters. The molecule has 1 saturated heterocycles. The molecule has 15 heavy (non-hydrogen) atoms. The van der Waals surface area contributed by atoms with Crippen molar-refractivity contribution in [3.8, 4) is 0 Å². The van der Waals surface area contributed by atoms with Gasteiger partial charge in [-0.2, -0.15) is 0 Å². The summed E-state index contributed by atoms with van der Waals surface area (Å²) in [6, 6.07) is -0.141. The quantitative estimate of drug-likeness (QED) is 0.692. The van der Waals surface area contributed by atoms with Crippen molar-refractivity contribution in [3.05, 3.63) is 0 Å². The monoisotopic (exact) mass is 253 g/mol. The lowest BCUT2D eigenvalue weighted by Gasteiger charge is -2.23. The molecule has 1 fully saturated rings. The van der Waals surface area contributed by atoms with Crippen molar-refractivity contribution in [2.75, 3.05) is 24.4 Å². The number of rotatable bonds is 4. The Labute approximate surface area is 95.5 Å². The Morgan fingerprint density at radius 3 is 2.67 bits per heavy atom. The number of hydrogen-bond donors (Lipinski definition) is 0. The number of carbonyl (C=O) groups excluding carboxylic acids is 1. The Morgan fingerprint density at radius 2 is 2.20 bits per heavy atom. The molecular weight excluding hydrogens is 238 g/mol. The van der Waals surface area contributed by atoms with E-state index in [0.29, 0.717) is 25.1 Å². The fraction of sp³-hybridized carbons (Fsp3) is 0.889. The maximum absolute atomic E-state index is 11.6. The predicted octanol–water partition coefficient (Wildman–Crippen LogP) is 0.651. The van der Waals surface area contributed by atoms with Crippen LogP contribution in [0.1, 0.15) is 19.3 Å². The first-order chi connectivity index (χ1) is 6.96. The van der Waals surface area contributed by atoms with Gasteiger partial charge in [-0.3, -0.25) is 4.79 Å². The predicted molar refractivity (Wildman–Crippen MR) is 59.8 cm³/mol. The number of amides is 1. The van der Waals surface area contributed by atoms with Crippen LogP contribution in [0.3, 0.4) is 0 Å². The summed E-state index contributed by atoms with van der Waals surface area (Å²) in [5.74, 6) is 0.751. The highest BCUT2D eigenvalue weighted by atomic mass is 35.5. The van der Waals surface area contributed by atoms with Crippen LogP contribution in [0.5, 0.6) is 0 Å². The molecule has 88 valence electrons. The standard InChI is InChI=1S/C9H16ClNO3S/c1-11(9(12)3-2-5-10)8-4-6-15(13,14)7-8/h8H,2-7H2,1H3. The molecule has 1 rings (SSSR count). The smallest absolute Gasteiger partial charge is 0.222 e. The average Bonchev–Trinajstić information content (AvgIpc) is 2.54. The largest absolute Gasteiger partial charge is 0.342 e. The highest BCUT2D eigenvalue weighted by molar-refractivity contribution is 7.91. The van der Waals surface area contributed by atoms with Crippen LogP contribution in [0.4, 0.5) is 0 Å². The second kappa shape index (κ2) is 5.16. The summed E-state index contributed by atoms with van der Waals surface area (Å²) in [5, 5.41) is 0. The SMILES string of the molecule is CN(C(=O)CCCCl)C1CCS(=O)(=O)C1. The minimum Gasteiger partial charge on any atom is -0.342 e. The van der Waals surface area contributed by atoms with Gasteiger partial charge in [0.2, 0.25) is 5.91 Å². The molecule has 0 N–H and O–H groups in total. The third kappa shape index (κ3) is 3.65. The Bertz CT molecular complexity index is 328. The van der Waals surface area contributed by atoms with Gasteiger partial charge in [0, 0.05) is 25.4 Å². The van der Waals surface area contributed by atoms with E-state index >= 15 is 0 Å². The number of sulfone groups is 1. The van der Waals surface area contributed by atoms with Crippen LogP contribution in [0.2, 0.25) is 0 Å². The van der Waals surface area contributed by atoms with Crippen molar-refractivity contribution in [2.45, 2.75) is 25.3 Å². The highest BCUT2D eigenvalue weighted by Crippen LogP contribution is 2.17. The van der Waals surface area contributed by atoms with E-state index in [4.69, 9.17) is 11.6 Å². The van der Waals surface area contributed by atoms with Crippen LogP contribution >= 0.6 is 11.6 Å². The minimum absolute atomic E-state index is 0.0160. The third-order valence-corrected chi connectivity index (χ3v) is 4.69. The van der Waals surface area contributed by atoms with Gasteiger partial charge in [-0.1, -0.05) is 0 Å². The van der Waals surface area contributed by atoms with E-state index in [1.165, 1.54) is 0 Å². The molecule has 0 bridgehead atoms. The zero-order valence-electron chi connectivity index (χ0n) is 8.78. The second-order valence-corrected chi connectivity index (χ2v) is 6.46. The first-order valence-corrected chi connectivity index (χ1v) is 7.34. The Morgan fingerprint density at radius 1 is 1.53 bits per heavy atom. The van der Waals surface area contributed by atoms with E-state index in [2.05, 4.69) is 0 Å². The highest BCUT2D eigenvalue weighted by Gasteiger charge is 2.32. The second-order valence-electron chi connectivity index (χ2n) is 3.85. The fourth-order valence-electron chi connectivity index (χ4n) is 1.68. The molecule has 6 heteroatoms. The first-order valence-electron chi connectivity index (χ1n) is 4.98. The Balaban J connectivity index is 2.47. The van der Waals surface area contributed by atoms with Gasteiger partial charge < -0.3 is 4.90 Å². The zero-order chi connectivity index (χ0) is 11.5. The first kappa shape index (κ1) is 12.8. The van der Waals surface area contributed by atoms with Gasteiger partial charge >= 0.3 is 0 Å². The average molecular weight is 254 g/mol. The van der Waals surface area contributed by atoms with Crippen LogP contribution in [-0.4, -0.2) is 49.7 Å². The summed E-state index contributed by atoms with van der Waals surface area (Å²) in [7, 11) is -1.25. The minimum atomic E-state index is -2.91. The lowest BCUT2D eigenvalue weighted by Crippen LogP contribution is -2.37. The van der Waals surface area contributed by atoms with E-state index in [1.807, 2.05) is 0 Å². The summed E-state index contributed by atoms with van der Waals surface area (Å²) in [4.78, 5) is 13.1. The number of hydrogen-bond acceptors (Lipinski definition) is 3. The third-order valence-electron chi connectivity index (χ3n) is 2.67. The molecule has 1 aliphatic heterocycles. The maximum atomic E-state index is 11.6. The fourth-order valence-corrected chi connectivity index (χ4v) is 3.59. The topological polar surface area (TPSA) is 54.5 Å². The Kier molecular flexibility index (Phi) is 4.40. The number of carbonyl (C=O) groups is 1. The van der Waals surface area contributed by atoms with Gasteiger partial charge in [0.05, 0.1) is 11.5 Å². The molecular formula is C9H16ClNO3S. The van der Waals surface area contributed by atoms with Gasteiger partial charge in [0.15, 0.2) is 9.84 Å². The molecule has 0 saturated carbocycles. The van der Waals surface area contributed by atoms with Crippen molar-refractivity contribution >= 4 is 27.3 Å². The zero-order valence-corrected chi connectivity index (χ0v) is 10.4.